The van der Waals surface area contributed by atoms with Crippen molar-refractivity contribution in [1.82, 2.24) is 5.32 Å². The molecule has 2 saturated carbocycles. The van der Waals surface area contributed by atoms with Crippen LogP contribution in [0.4, 0.5) is 0 Å². The molecule has 0 heterocycles. The molecule has 114 valence electrons. The molecule has 2 fully saturated rings. The summed E-state index contributed by atoms with van der Waals surface area (Å²) in [6, 6.07) is 0.321. The number of carbonyl (C=O) groups is 2. The molecule has 0 radical (unpaired) electrons. The Morgan fingerprint density at radius 1 is 0.900 bits per heavy atom. The summed E-state index contributed by atoms with van der Waals surface area (Å²) in [6.07, 6.45) is 8.81. The van der Waals surface area contributed by atoms with Crippen LogP contribution in [0.15, 0.2) is 0 Å². The maximum Gasteiger partial charge on any atom is 0.306 e. The zero-order valence-corrected chi connectivity index (χ0v) is 12.4. The molecule has 0 aliphatic heterocycles. The van der Waals surface area contributed by atoms with Gasteiger partial charge < -0.3 is 10.4 Å². The number of hydrogen-bond acceptors (Lipinski definition) is 2. The molecule has 0 spiro atoms. The highest BCUT2D eigenvalue weighted by Gasteiger charge is 2.31. The summed E-state index contributed by atoms with van der Waals surface area (Å²) in [5, 5.41) is 12.2. The number of carbonyl (C=O) groups excluding carboxylic acids is 1. The largest absolute Gasteiger partial charge is 0.481 e. The van der Waals surface area contributed by atoms with Gasteiger partial charge in [-0.15, -0.1) is 0 Å². The number of rotatable bonds is 3. The van der Waals surface area contributed by atoms with Crippen molar-refractivity contribution in [3.05, 3.63) is 0 Å². The lowest BCUT2D eigenvalue weighted by atomic mass is 9.81. The van der Waals surface area contributed by atoms with Crippen LogP contribution in [0.3, 0.4) is 0 Å². The van der Waals surface area contributed by atoms with Crippen molar-refractivity contribution in [2.24, 2.45) is 17.8 Å². The zero-order valence-electron chi connectivity index (χ0n) is 12.4. The summed E-state index contributed by atoms with van der Waals surface area (Å²) < 4.78 is 0. The number of carboxylic acid groups (broad SMARTS) is 1. The highest BCUT2D eigenvalue weighted by molar-refractivity contribution is 5.79. The molecular formula is C16H27NO3. The third-order valence-corrected chi connectivity index (χ3v) is 5.14. The van der Waals surface area contributed by atoms with E-state index < -0.39 is 5.97 Å². The van der Waals surface area contributed by atoms with Crippen molar-refractivity contribution in [3.63, 3.8) is 0 Å². The summed E-state index contributed by atoms with van der Waals surface area (Å²) in [7, 11) is 0. The molecule has 4 heteroatoms. The molecule has 0 aromatic carbocycles. The number of carboxylic acids is 1. The monoisotopic (exact) mass is 281 g/mol. The molecule has 0 aromatic rings. The Kier molecular flexibility index (Phi) is 5.44. The van der Waals surface area contributed by atoms with Crippen LogP contribution >= 0.6 is 0 Å². The lowest BCUT2D eigenvalue weighted by molar-refractivity contribution is -0.144. The van der Waals surface area contributed by atoms with Crippen LogP contribution < -0.4 is 5.32 Å². The summed E-state index contributed by atoms with van der Waals surface area (Å²) in [4.78, 5) is 23.3. The summed E-state index contributed by atoms with van der Waals surface area (Å²) in [5.41, 5.74) is 0. The molecule has 1 amide bonds. The fourth-order valence-corrected chi connectivity index (χ4v) is 3.61. The Bertz CT molecular complexity index is 348. The van der Waals surface area contributed by atoms with Crippen LogP contribution in [-0.4, -0.2) is 23.0 Å². The molecule has 2 aliphatic carbocycles. The number of hydrogen-bond donors (Lipinski definition) is 2. The summed E-state index contributed by atoms with van der Waals surface area (Å²) >= 11 is 0. The van der Waals surface area contributed by atoms with E-state index in [0.29, 0.717) is 24.8 Å². The van der Waals surface area contributed by atoms with E-state index in [1.807, 2.05) is 0 Å². The van der Waals surface area contributed by atoms with E-state index in [2.05, 4.69) is 12.2 Å². The van der Waals surface area contributed by atoms with Crippen molar-refractivity contribution in [2.75, 3.05) is 0 Å². The van der Waals surface area contributed by atoms with Crippen LogP contribution in [0.25, 0.3) is 0 Å². The topological polar surface area (TPSA) is 66.4 Å². The molecule has 2 aliphatic rings. The van der Waals surface area contributed by atoms with Gasteiger partial charge in [-0.1, -0.05) is 26.2 Å². The molecule has 2 atom stereocenters. The van der Waals surface area contributed by atoms with E-state index in [1.165, 1.54) is 25.7 Å². The van der Waals surface area contributed by atoms with Crippen LogP contribution in [0.2, 0.25) is 0 Å². The van der Waals surface area contributed by atoms with Crippen LogP contribution in [-0.2, 0) is 9.59 Å². The van der Waals surface area contributed by atoms with E-state index in [1.54, 1.807) is 0 Å². The summed E-state index contributed by atoms with van der Waals surface area (Å²) in [5.74, 6) is -0.192. The van der Waals surface area contributed by atoms with Crippen molar-refractivity contribution in [2.45, 2.75) is 70.8 Å². The minimum Gasteiger partial charge on any atom is -0.481 e. The van der Waals surface area contributed by atoms with Crippen LogP contribution in [0, 0.1) is 17.8 Å². The Balaban J connectivity index is 1.81. The Morgan fingerprint density at radius 3 is 2.15 bits per heavy atom. The second kappa shape index (κ2) is 7.09. The van der Waals surface area contributed by atoms with Crippen LogP contribution in [0.5, 0.6) is 0 Å². The predicted octanol–water partition coefficient (Wildman–Crippen LogP) is 2.96. The van der Waals surface area contributed by atoms with Gasteiger partial charge in [0.2, 0.25) is 5.91 Å². The molecule has 0 saturated heterocycles. The molecule has 2 unspecified atom stereocenters. The highest BCUT2D eigenvalue weighted by atomic mass is 16.4. The fraction of sp³-hybridized carbons (Fsp3) is 0.875. The van der Waals surface area contributed by atoms with Gasteiger partial charge in [0.25, 0.3) is 0 Å². The first kappa shape index (κ1) is 15.3. The minimum atomic E-state index is -0.707. The van der Waals surface area contributed by atoms with E-state index >= 15 is 0 Å². The second-order valence-electron chi connectivity index (χ2n) is 6.62. The van der Waals surface area contributed by atoms with Crippen molar-refractivity contribution in [1.29, 1.82) is 0 Å². The SMILES string of the molecule is CC1CCCCCC1NC(=O)C1CCC(C(=O)O)CC1. The van der Waals surface area contributed by atoms with Gasteiger partial charge in [0.15, 0.2) is 0 Å². The van der Waals surface area contributed by atoms with E-state index in [9.17, 15) is 9.59 Å². The van der Waals surface area contributed by atoms with E-state index in [4.69, 9.17) is 5.11 Å². The van der Waals surface area contributed by atoms with Gasteiger partial charge in [0.05, 0.1) is 5.92 Å². The third kappa shape index (κ3) is 3.97. The molecular weight excluding hydrogens is 254 g/mol. The Morgan fingerprint density at radius 2 is 1.50 bits per heavy atom. The standard InChI is InChI=1S/C16H27NO3/c1-11-5-3-2-4-6-14(11)17-15(18)12-7-9-13(10-8-12)16(19)20/h11-14H,2-10H2,1H3,(H,17,18)(H,19,20). The van der Waals surface area contributed by atoms with Gasteiger partial charge >= 0.3 is 5.97 Å². The molecule has 2 rings (SSSR count). The van der Waals surface area contributed by atoms with Gasteiger partial charge in [0, 0.05) is 12.0 Å². The van der Waals surface area contributed by atoms with Crippen LogP contribution in [0.1, 0.15) is 64.7 Å². The summed E-state index contributed by atoms with van der Waals surface area (Å²) in [6.45, 7) is 2.23. The van der Waals surface area contributed by atoms with Crippen molar-refractivity contribution >= 4 is 11.9 Å². The molecule has 4 nitrogen and oxygen atoms in total. The minimum absolute atomic E-state index is 0.0288. The average Bonchev–Trinajstić information content (AvgIpc) is 2.64. The highest BCUT2D eigenvalue weighted by Crippen LogP contribution is 2.30. The van der Waals surface area contributed by atoms with Crippen molar-refractivity contribution < 1.29 is 14.7 Å². The Hall–Kier alpha value is -1.06. The predicted molar refractivity (Wildman–Crippen MR) is 77.3 cm³/mol. The third-order valence-electron chi connectivity index (χ3n) is 5.14. The molecule has 20 heavy (non-hydrogen) atoms. The maximum absolute atomic E-state index is 12.3. The zero-order chi connectivity index (χ0) is 14.5. The average molecular weight is 281 g/mol. The van der Waals surface area contributed by atoms with Gasteiger partial charge in [-0.2, -0.15) is 0 Å². The lowest BCUT2D eigenvalue weighted by Gasteiger charge is -2.29. The van der Waals surface area contributed by atoms with Gasteiger partial charge in [-0.25, -0.2) is 0 Å². The first-order valence-electron chi connectivity index (χ1n) is 8.11. The van der Waals surface area contributed by atoms with Gasteiger partial charge in [0.1, 0.15) is 0 Å². The lowest BCUT2D eigenvalue weighted by Crippen LogP contribution is -2.43. The van der Waals surface area contributed by atoms with Gasteiger partial charge in [-0.3, -0.25) is 9.59 Å². The molecule has 2 N–H and O–H groups in total. The number of nitrogens with one attached hydrogen (secondary N) is 1. The maximum atomic E-state index is 12.3. The first-order valence-corrected chi connectivity index (χ1v) is 8.11. The van der Waals surface area contributed by atoms with Crippen molar-refractivity contribution in [3.8, 4) is 0 Å². The Labute approximate surface area is 121 Å². The number of amides is 1. The molecule has 0 bridgehead atoms. The smallest absolute Gasteiger partial charge is 0.306 e. The number of aliphatic carboxylic acids is 1. The van der Waals surface area contributed by atoms with E-state index in [-0.39, 0.29) is 17.7 Å². The second-order valence-corrected chi connectivity index (χ2v) is 6.62. The quantitative estimate of drug-likeness (QED) is 0.782. The van der Waals surface area contributed by atoms with Gasteiger partial charge in [-0.05, 0) is 44.4 Å². The molecule has 0 aromatic heterocycles. The first-order chi connectivity index (χ1) is 9.58. The van der Waals surface area contributed by atoms with E-state index in [0.717, 1.165) is 19.3 Å². The fourth-order valence-electron chi connectivity index (χ4n) is 3.61. The normalized spacial score (nSPS) is 35.0.